The summed E-state index contributed by atoms with van der Waals surface area (Å²) >= 11 is 0. The molecule has 3 heterocycles. The molecular formula is C10H12N4O6. The molecule has 0 radical (unpaired) electrons. The summed E-state index contributed by atoms with van der Waals surface area (Å²) in [6.07, 6.45) is -3.43. The average molecular weight is 284 g/mol. The molecule has 0 unspecified atom stereocenters. The highest BCUT2D eigenvalue weighted by atomic mass is 16.6. The van der Waals surface area contributed by atoms with E-state index in [4.69, 9.17) is 9.84 Å². The molecule has 10 heteroatoms. The van der Waals surface area contributed by atoms with Crippen LogP contribution < -0.4 is 11.2 Å². The maximum absolute atomic E-state index is 11.6. The zero-order valence-corrected chi connectivity index (χ0v) is 10.1. The second-order valence-corrected chi connectivity index (χ2v) is 4.49. The number of aromatic nitrogens is 4. The monoisotopic (exact) mass is 284 g/mol. The number of aromatic amines is 2. The lowest BCUT2D eigenvalue weighted by molar-refractivity contribution is -0.0511. The van der Waals surface area contributed by atoms with Gasteiger partial charge in [0.1, 0.15) is 24.0 Å². The Morgan fingerprint density at radius 1 is 1.30 bits per heavy atom. The van der Waals surface area contributed by atoms with Crippen LogP contribution >= 0.6 is 0 Å². The predicted molar refractivity (Wildman–Crippen MR) is 64.0 cm³/mol. The van der Waals surface area contributed by atoms with Crippen LogP contribution in [0, 0.1) is 0 Å². The van der Waals surface area contributed by atoms with Gasteiger partial charge < -0.3 is 20.1 Å². The van der Waals surface area contributed by atoms with Crippen LogP contribution in [0.5, 0.6) is 0 Å². The van der Waals surface area contributed by atoms with Gasteiger partial charge in [-0.05, 0) is 0 Å². The van der Waals surface area contributed by atoms with Crippen molar-refractivity contribution in [3.05, 3.63) is 27.2 Å². The first-order valence-electron chi connectivity index (χ1n) is 5.84. The predicted octanol–water partition coefficient (Wildman–Crippen LogP) is -2.98. The molecular weight excluding hydrogens is 272 g/mol. The molecule has 0 aromatic carbocycles. The van der Waals surface area contributed by atoms with Gasteiger partial charge in [-0.25, -0.2) is 9.78 Å². The van der Waals surface area contributed by atoms with Crippen molar-refractivity contribution in [1.82, 2.24) is 19.5 Å². The Balaban J connectivity index is 2.12. The van der Waals surface area contributed by atoms with Crippen LogP contribution in [-0.2, 0) is 4.74 Å². The molecule has 3 rings (SSSR count). The Bertz CT molecular complexity index is 748. The second-order valence-electron chi connectivity index (χ2n) is 4.49. The van der Waals surface area contributed by atoms with Crippen molar-refractivity contribution in [3.8, 4) is 0 Å². The normalized spacial score (nSPS) is 30.1. The van der Waals surface area contributed by atoms with Gasteiger partial charge in [0, 0.05) is 0 Å². The fourth-order valence-electron chi connectivity index (χ4n) is 2.25. The number of nitrogens with zero attached hydrogens (tertiary/aromatic N) is 2. The molecule has 108 valence electrons. The zero-order valence-electron chi connectivity index (χ0n) is 10.1. The largest absolute Gasteiger partial charge is 0.394 e. The van der Waals surface area contributed by atoms with Gasteiger partial charge in [0.15, 0.2) is 11.7 Å². The standard InChI is InChI=1S/C10H12N4O6/c15-1-3-5(16)6(17)9(20-3)14-2-11-4-7(14)12-10(19)13-8(4)18/h2-3,5-6,9,15-17H,1H2,(H2,12,13,18,19)/t3-,5-,6+,9-/m0/s1. The van der Waals surface area contributed by atoms with E-state index < -0.39 is 42.4 Å². The van der Waals surface area contributed by atoms with Gasteiger partial charge in [-0.1, -0.05) is 0 Å². The molecule has 10 nitrogen and oxygen atoms in total. The number of imidazole rings is 1. The van der Waals surface area contributed by atoms with Crippen molar-refractivity contribution in [3.63, 3.8) is 0 Å². The molecule has 2 aromatic heterocycles. The van der Waals surface area contributed by atoms with E-state index in [-0.39, 0.29) is 11.2 Å². The SMILES string of the molecule is O=c1[nH]c(=O)c2ncn([C@H]3O[C@@H](CO)[C@H](O)[C@H]3O)c2[nH]1. The lowest BCUT2D eigenvalue weighted by Gasteiger charge is -2.16. The summed E-state index contributed by atoms with van der Waals surface area (Å²) < 4.78 is 6.54. The van der Waals surface area contributed by atoms with Crippen LogP contribution in [0.1, 0.15) is 6.23 Å². The first-order valence-corrected chi connectivity index (χ1v) is 5.84. The third kappa shape index (κ3) is 1.78. The van der Waals surface area contributed by atoms with Gasteiger partial charge in [-0.15, -0.1) is 0 Å². The highest BCUT2D eigenvalue weighted by Crippen LogP contribution is 2.30. The van der Waals surface area contributed by atoms with E-state index in [9.17, 15) is 19.8 Å². The molecule has 1 fully saturated rings. The molecule has 0 amide bonds. The third-order valence-electron chi connectivity index (χ3n) is 3.26. The van der Waals surface area contributed by atoms with Gasteiger partial charge in [0.2, 0.25) is 0 Å². The topological polar surface area (TPSA) is 153 Å². The number of nitrogens with one attached hydrogen (secondary N) is 2. The fourth-order valence-corrected chi connectivity index (χ4v) is 2.25. The molecule has 0 bridgehead atoms. The number of fused-ring (bicyclic) bond motifs is 1. The van der Waals surface area contributed by atoms with E-state index in [0.29, 0.717) is 0 Å². The molecule has 1 aliphatic rings. The molecule has 0 spiro atoms. The third-order valence-corrected chi connectivity index (χ3v) is 3.26. The van der Waals surface area contributed by atoms with E-state index >= 15 is 0 Å². The number of aliphatic hydroxyl groups excluding tert-OH is 3. The van der Waals surface area contributed by atoms with E-state index in [1.807, 2.05) is 4.98 Å². The quantitative estimate of drug-likeness (QED) is 0.394. The summed E-state index contributed by atoms with van der Waals surface area (Å²) in [5, 5.41) is 28.7. The van der Waals surface area contributed by atoms with Crippen molar-refractivity contribution >= 4 is 11.2 Å². The fraction of sp³-hybridized carbons (Fsp3) is 0.500. The van der Waals surface area contributed by atoms with Gasteiger partial charge in [-0.3, -0.25) is 19.3 Å². The first kappa shape index (κ1) is 13.0. The van der Waals surface area contributed by atoms with E-state index in [2.05, 4.69) is 9.97 Å². The van der Waals surface area contributed by atoms with Crippen LogP contribution in [0.3, 0.4) is 0 Å². The van der Waals surface area contributed by atoms with Crippen molar-refractivity contribution in [2.24, 2.45) is 0 Å². The van der Waals surface area contributed by atoms with E-state index in [1.165, 1.54) is 10.9 Å². The average Bonchev–Trinajstić information content (AvgIpc) is 2.93. The minimum atomic E-state index is -1.33. The molecule has 2 aromatic rings. The lowest BCUT2D eigenvalue weighted by Crippen LogP contribution is -2.33. The number of H-pyrrole nitrogens is 2. The molecule has 1 saturated heterocycles. The Morgan fingerprint density at radius 2 is 2.05 bits per heavy atom. The number of hydrogen-bond donors (Lipinski definition) is 5. The first-order chi connectivity index (χ1) is 9.52. The van der Waals surface area contributed by atoms with Crippen LogP contribution in [0.2, 0.25) is 0 Å². The zero-order chi connectivity index (χ0) is 14.4. The Labute approximate surface area is 110 Å². The molecule has 5 N–H and O–H groups in total. The Kier molecular flexibility index (Phi) is 2.94. The van der Waals surface area contributed by atoms with Crippen molar-refractivity contribution in [1.29, 1.82) is 0 Å². The maximum atomic E-state index is 11.6. The molecule has 1 aliphatic heterocycles. The smallest absolute Gasteiger partial charge is 0.327 e. The molecule has 0 aliphatic carbocycles. The van der Waals surface area contributed by atoms with Gasteiger partial charge >= 0.3 is 5.69 Å². The number of hydrogen-bond acceptors (Lipinski definition) is 7. The van der Waals surface area contributed by atoms with Gasteiger partial charge in [0.05, 0.1) is 12.9 Å². The summed E-state index contributed by atoms with van der Waals surface area (Å²) in [4.78, 5) is 31.1. The van der Waals surface area contributed by atoms with Crippen molar-refractivity contribution in [2.45, 2.75) is 24.5 Å². The minimum Gasteiger partial charge on any atom is -0.394 e. The maximum Gasteiger partial charge on any atom is 0.327 e. The summed E-state index contributed by atoms with van der Waals surface area (Å²) in [7, 11) is 0. The summed E-state index contributed by atoms with van der Waals surface area (Å²) in [5.74, 6) is 0. The second kappa shape index (κ2) is 4.52. The number of aliphatic hydroxyl groups is 3. The highest BCUT2D eigenvalue weighted by molar-refractivity contribution is 5.68. The van der Waals surface area contributed by atoms with Crippen LogP contribution in [0.15, 0.2) is 15.9 Å². The molecule has 0 saturated carbocycles. The lowest BCUT2D eigenvalue weighted by atomic mass is 10.1. The number of ether oxygens (including phenoxy) is 1. The Morgan fingerprint density at radius 3 is 2.70 bits per heavy atom. The molecule has 20 heavy (non-hydrogen) atoms. The number of rotatable bonds is 2. The molecule has 4 atom stereocenters. The van der Waals surface area contributed by atoms with Crippen LogP contribution in [0.4, 0.5) is 0 Å². The van der Waals surface area contributed by atoms with E-state index in [1.54, 1.807) is 0 Å². The van der Waals surface area contributed by atoms with Crippen molar-refractivity contribution < 1.29 is 20.1 Å². The Hall–Kier alpha value is -2.01. The summed E-state index contributed by atoms with van der Waals surface area (Å²) in [5.41, 5.74) is -1.36. The minimum absolute atomic E-state index is 0.0256. The summed E-state index contributed by atoms with van der Waals surface area (Å²) in [6.45, 7) is -0.474. The van der Waals surface area contributed by atoms with Crippen molar-refractivity contribution in [2.75, 3.05) is 6.61 Å². The van der Waals surface area contributed by atoms with E-state index in [0.717, 1.165) is 0 Å². The summed E-state index contributed by atoms with van der Waals surface area (Å²) in [6, 6.07) is 0. The van der Waals surface area contributed by atoms with Crippen LogP contribution in [0.25, 0.3) is 11.2 Å². The van der Waals surface area contributed by atoms with Gasteiger partial charge in [-0.2, -0.15) is 0 Å². The van der Waals surface area contributed by atoms with Crippen LogP contribution in [-0.4, -0.2) is 59.8 Å². The van der Waals surface area contributed by atoms with Gasteiger partial charge in [0.25, 0.3) is 5.56 Å². The highest BCUT2D eigenvalue weighted by Gasteiger charge is 2.43.